The number of ether oxygens (including phenoxy) is 1. The Bertz CT molecular complexity index is 984. The number of carbonyl (C=O) groups excluding carboxylic acids is 1. The van der Waals surface area contributed by atoms with Gasteiger partial charge in [-0.1, -0.05) is 24.3 Å². The van der Waals surface area contributed by atoms with Gasteiger partial charge in [0.05, 0.1) is 25.0 Å². The molecule has 4 rings (SSSR count). The lowest BCUT2D eigenvalue weighted by molar-refractivity contribution is -0.141. The first-order valence-corrected chi connectivity index (χ1v) is 8.38. The van der Waals surface area contributed by atoms with E-state index in [1.165, 1.54) is 28.0 Å². The molecule has 1 aromatic carbocycles. The van der Waals surface area contributed by atoms with Crippen molar-refractivity contribution >= 4 is 5.91 Å². The van der Waals surface area contributed by atoms with Gasteiger partial charge in [0.2, 0.25) is 5.88 Å². The number of likely N-dealkylation sites (tertiary alicyclic amines) is 1. The zero-order valence-corrected chi connectivity index (χ0v) is 14.4. The van der Waals surface area contributed by atoms with Gasteiger partial charge >= 0.3 is 6.18 Å². The summed E-state index contributed by atoms with van der Waals surface area (Å²) in [5.41, 5.74) is -0.115. The maximum Gasteiger partial charge on any atom is 0.433 e. The zero-order chi connectivity index (χ0) is 19.7. The summed E-state index contributed by atoms with van der Waals surface area (Å²) in [6, 6.07) is 12.6. The molecule has 28 heavy (non-hydrogen) atoms. The van der Waals surface area contributed by atoms with Crippen molar-refractivity contribution in [2.24, 2.45) is 0 Å². The minimum atomic E-state index is -4.54. The molecule has 1 aliphatic heterocycles. The lowest BCUT2D eigenvalue weighted by Gasteiger charge is -2.38. The number of halogens is 3. The van der Waals surface area contributed by atoms with Crippen molar-refractivity contribution in [3.63, 3.8) is 0 Å². The summed E-state index contributed by atoms with van der Waals surface area (Å²) in [7, 11) is 0. The maximum absolute atomic E-state index is 12.7. The number of nitrogens with zero attached hydrogens (tertiary/aromatic N) is 5. The molecule has 0 aliphatic carbocycles. The smallest absolute Gasteiger partial charge is 0.433 e. The van der Waals surface area contributed by atoms with E-state index in [0.29, 0.717) is 0 Å². The molecule has 0 spiro atoms. The van der Waals surface area contributed by atoms with Crippen LogP contribution in [-0.4, -0.2) is 50.0 Å². The van der Waals surface area contributed by atoms with Gasteiger partial charge in [0.1, 0.15) is 11.8 Å². The molecule has 0 saturated carbocycles. The van der Waals surface area contributed by atoms with Crippen LogP contribution < -0.4 is 4.74 Å². The van der Waals surface area contributed by atoms with E-state index in [4.69, 9.17) is 4.74 Å². The van der Waals surface area contributed by atoms with Crippen LogP contribution in [0.5, 0.6) is 5.88 Å². The maximum atomic E-state index is 12.7. The van der Waals surface area contributed by atoms with Gasteiger partial charge in [-0.05, 0) is 18.2 Å². The number of alkyl halides is 3. The van der Waals surface area contributed by atoms with Crippen LogP contribution in [0.3, 0.4) is 0 Å². The van der Waals surface area contributed by atoms with Crippen LogP contribution in [0.1, 0.15) is 16.2 Å². The van der Waals surface area contributed by atoms with E-state index >= 15 is 0 Å². The predicted octanol–water partition coefficient (Wildman–Crippen LogP) is 2.58. The fraction of sp³-hybridized carbons (Fsp3) is 0.222. The molecule has 2 aromatic heterocycles. The van der Waals surface area contributed by atoms with Crippen molar-refractivity contribution in [2.45, 2.75) is 12.3 Å². The van der Waals surface area contributed by atoms with Gasteiger partial charge in [-0.3, -0.25) is 4.79 Å². The Balaban J connectivity index is 1.36. The second kappa shape index (κ2) is 6.95. The molecule has 0 radical (unpaired) electrons. The third-order valence-corrected chi connectivity index (χ3v) is 4.13. The van der Waals surface area contributed by atoms with E-state index in [1.54, 1.807) is 0 Å². The molecule has 1 fully saturated rings. The van der Waals surface area contributed by atoms with Gasteiger partial charge in [-0.15, -0.1) is 5.10 Å². The largest absolute Gasteiger partial charge is 0.471 e. The SMILES string of the molecule is O=C(c1cnn(-c2ccccc2)n1)N1CC(Oc2cccc(C(F)(F)F)n2)C1. The van der Waals surface area contributed by atoms with Crippen LogP contribution >= 0.6 is 0 Å². The highest BCUT2D eigenvalue weighted by Gasteiger charge is 2.36. The summed E-state index contributed by atoms with van der Waals surface area (Å²) in [6.07, 6.45) is -3.59. The van der Waals surface area contributed by atoms with Crippen LogP contribution in [0.2, 0.25) is 0 Å². The number of para-hydroxylation sites is 1. The van der Waals surface area contributed by atoms with Gasteiger partial charge in [-0.25, -0.2) is 4.98 Å². The van der Waals surface area contributed by atoms with Crippen molar-refractivity contribution in [1.82, 2.24) is 24.9 Å². The number of amides is 1. The average Bonchev–Trinajstić information content (AvgIpc) is 3.14. The molecular weight excluding hydrogens is 375 g/mol. The van der Waals surface area contributed by atoms with E-state index in [1.807, 2.05) is 30.3 Å². The fourth-order valence-corrected chi connectivity index (χ4v) is 2.70. The van der Waals surface area contributed by atoms with E-state index in [9.17, 15) is 18.0 Å². The van der Waals surface area contributed by atoms with Gasteiger partial charge in [0.25, 0.3) is 5.91 Å². The molecule has 0 bridgehead atoms. The number of pyridine rings is 1. The third-order valence-electron chi connectivity index (χ3n) is 4.13. The second-order valence-corrected chi connectivity index (χ2v) is 6.16. The van der Waals surface area contributed by atoms with Crippen molar-refractivity contribution < 1.29 is 22.7 Å². The summed E-state index contributed by atoms with van der Waals surface area (Å²) >= 11 is 0. The van der Waals surface area contributed by atoms with Crippen LogP contribution in [0.25, 0.3) is 5.69 Å². The highest BCUT2D eigenvalue weighted by atomic mass is 19.4. The number of hydrogen-bond donors (Lipinski definition) is 0. The molecule has 1 aliphatic rings. The first kappa shape index (κ1) is 18.0. The molecule has 0 N–H and O–H groups in total. The summed E-state index contributed by atoms with van der Waals surface area (Å²) in [4.78, 5) is 18.7. The number of carbonyl (C=O) groups is 1. The highest BCUT2D eigenvalue weighted by molar-refractivity contribution is 5.92. The van der Waals surface area contributed by atoms with E-state index in [0.717, 1.165) is 11.8 Å². The summed E-state index contributed by atoms with van der Waals surface area (Å²) in [5.74, 6) is -0.444. The second-order valence-electron chi connectivity index (χ2n) is 6.16. The zero-order valence-electron chi connectivity index (χ0n) is 14.4. The minimum absolute atomic E-state index is 0.123. The molecule has 0 atom stereocenters. The number of hydrogen-bond acceptors (Lipinski definition) is 5. The Morgan fingerprint density at radius 2 is 1.82 bits per heavy atom. The normalized spacial score (nSPS) is 14.6. The lowest BCUT2D eigenvalue weighted by atomic mass is 10.1. The Morgan fingerprint density at radius 1 is 1.07 bits per heavy atom. The standard InChI is InChI=1S/C18H14F3N5O2/c19-18(20,21)15-7-4-8-16(23-15)28-13-10-25(11-13)17(27)14-9-22-26(24-14)12-5-2-1-3-6-12/h1-9,13H,10-11H2. The van der Waals surface area contributed by atoms with Gasteiger partial charge in [-0.2, -0.15) is 23.1 Å². The van der Waals surface area contributed by atoms with Crippen molar-refractivity contribution in [3.8, 4) is 11.6 Å². The molecule has 1 amide bonds. The fourth-order valence-electron chi connectivity index (χ4n) is 2.70. The van der Waals surface area contributed by atoms with Gasteiger partial charge in [0, 0.05) is 6.07 Å². The number of benzene rings is 1. The van der Waals surface area contributed by atoms with Crippen LogP contribution in [0, 0.1) is 0 Å². The Morgan fingerprint density at radius 3 is 2.54 bits per heavy atom. The first-order chi connectivity index (χ1) is 13.4. The van der Waals surface area contributed by atoms with Crippen molar-refractivity contribution in [2.75, 3.05) is 13.1 Å². The molecule has 1 saturated heterocycles. The molecular formula is C18H14F3N5O2. The van der Waals surface area contributed by atoms with Gasteiger partial charge in [0.15, 0.2) is 5.69 Å². The molecule has 7 nitrogen and oxygen atoms in total. The van der Waals surface area contributed by atoms with Crippen LogP contribution in [0.4, 0.5) is 13.2 Å². The van der Waals surface area contributed by atoms with Crippen molar-refractivity contribution in [1.29, 1.82) is 0 Å². The quantitative estimate of drug-likeness (QED) is 0.686. The van der Waals surface area contributed by atoms with E-state index in [2.05, 4.69) is 15.2 Å². The predicted molar refractivity (Wildman–Crippen MR) is 90.9 cm³/mol. The number of aromatic nitrogens is 4. The topological polar surface area (TPSA) is 73.1 Å². The Hall–Kier alpha value is -3.43. The average molecular weight is 389 g/mol. The highest BCUT2D eigenvalue weighted by Crippen LogP contribution is 2.29. The van der Waals surface area contributed by atoms with Crippen LogP contribution in [0.15, 0.2) is 54.7 Å². The Kier molecular flexibility index (Phi) is 4.46. The lowest BCUT2D eigenvalue weighted by Crippen LogP contribution is -2.56. The molecule has 10 heteroatoms. The Labute approximate surface area is 157 Å². The van der Waals surface area contributed by atoms with Crippen LogP contribution in [-0.2, 0) is 6.18 Å². The number of rotatable bonds is 4. The van der Waals surface area contributed by atoms with E-state index < -0.39 is 18.0 Å². The monoisotopic (exact) mass is 389 g/mol. The molecule has 144 valence electrons. The van der Waals surface area contributed by atoms with Gasteiger partial charge < -0.3 is 9.64 Å². The van der Waals surface area contributed by atoms with E-state index in [-0.39, 0.29) is 30.6 Å². The minimum Gasteiger partial charge on any atom is -0.471 e. The molecule has 3 aromatic rings. The first-order valence-electron chi connectivity index (χ1n) is 8.38. The summed E-state index contributed by atoms with van der Waals surface area (Å²) in [5, 5.41) is 8.25. The summed E-state index contributed by atoms with van der Waals surface area (Å²) in [6.45, 7) is 0.462. The summed E-state index contributed by atoms with van der Waals surface area (Å²) < 4.78 is 43.5. The third kappa shape index (κ3) is 3.66. The molecule has 0 unspecified atom stereocenters. The molecule has 3 heterocycles. The van der Waals surface area contributed by atoms with Crippen molar-refractivity contribution in [3.05, 3.63) is 66.1 Å².